The maximum atomic E-state index is 15.8. The van der Waals surface area contributed by atoms with Gasteiger partial charge in [-0.25, -0.2) is 9.18 Å². The molecule has 0 aromatic heterocycles. The van der Waals surface area contributed by atoms with E-state index in [0.717, 1.165) is 18.1 Å². The van der Waals surface area contributed by atoms with Crippen LogP contribution in [0.25, 0.3) is 0 Å². The van der Waals surface area contributed by atoms with Gasteiger partial charge >= 0.3 is 5.97 Å². The molecule has 0 radical (unpaired) electrons. The van der Waals surface area contributed by atoms with Gasteiger partial charge in [-0.2, -0.15) is 0 Å². The van der Waals surface area contributed by atoms with Gasteiger partial charge in [-0.3, -0.25) is 24.5 Å². The third-order valence-electron chi connectivity index (χ3n) is 8.21. The smallest absolute Gasteiger partial charge is 0.338 e. The van der Waals surface area contributed by atoms with Crippen LogP contribution in [0.2, 0.25) is 10.0 Å². The number of anilines is 2. The predicted molar refractivity (Wildman–Crippen MR) is 148 cm³/mol. The number of likely N-dealkylation sites (tertiary alicyclic amines) is 1. The van der Waals surface area contributed by atoms with Gasteiger partial charge in [0.05, 0.1) is 34.6 Å². The number of carbonyl (C=O) groups is 4. The number of halogens is 3. The number of hydrogen-bond acceptors (Lipinski definition) is 7. The number of amides is 3. The van der Waals surface area contributed by atoms with Crippen molar-refractivity contribution in [3.63, 3.8) is 0 Å². The second-order valence-corrected chi connectivity index (χ2v) is 10.9. The van der Waals surface area contributed by atoms with Crippen molar-refractivity contribution in [2.24, 2.45) is 5.92 Å². The van der Waals surface area contributed by atoms with E-state index in [2.05, 4.69) is 10.1 Å². The quantitative estimate of drug-likeness (QED) is 0.196. The number of ether oxygens (including phenoxy) is 1. The standard InChI is InChI=1S/C28H19Cl2FN4O7/c1-42-26(38)13-5-8-19(20(9-13)35(40)41)33-11-21-22(25(33)37)23(15-3-2-4-17(30)24(15)31)28(34(21)12-36)16-7-6-14(29)10-18(16)32-27(28)39/h2-10,12,21-23H,11H2,1H3,(H,32,39)/t21-,22+,23?,28+/m0/s1. The number of nitro benzene ring substituents is 1. The number of nitro groups is 1. The van der Waals surface area contributed by atoms with Crippen molar-refractivity contribution in [2.75, 3.05) is 23.9 Å². The van der Waals surface area contributed by atoms with E-state index >= 15 is 4.39 Å². The molecular weight excluding hydrogens is 594 g/mol. The lowest BCUT2D eigenvalue weighted by atomic mass is 9.71. The van der Waals surface area contributed by atoms with Gasteiger partial charge in [-0.05, 0) is 35.9 Å². The van der Waals surface area contributed by atoms with Gasteiger partial charge in [0.2, 0.25) is 12.3 Å². The van der Waals surface area contributed by atoms with Gasteiger partial charge < -0.3 is 19.9 Å². The molecule has 11 nitrogen and oxygen atoms in total. The number of benzene rings is 3. The summed E-state index contributed by atoms with van der Waals surface area (Å²) in [5.74, 6) is -5.53. The Balaban J connectivity index is 1.56. The molecule has 3 aliphatic heterocycles. The van der Waals surface area contributed by atoms with Crippen LogP contribution in [-0.4, -0.2) is 53.7 Å². The summed E-state index contributed by atoms with van der Waals surface area (Å²) in [5, 5.41) is 14.8. The Bertz CT molecular complexity index is 1740. The molecule has 4 atom stereocenters. The van der Waals surface area contributed by atoms with Crippen LogP contribution in [-0.2, 0) is 24.7 Å². The average molecular weight is 613 g/mol. The normalized spacial score (nSPS) is 24.0. The van der Waals surface area contributed by atoms with Crippen molar-refractivity contribution in [3.05, 3.63) is 97.3 Å². The molecule has 1 unspecified atom stereocenters. The molecule has 3 heterocycles. The summed E-state index contributed by atoms with van der Waals surface area (Å²) < 4.78 is 20.4. The van der Waals surface area contributed by atoms with Crippen LogP contribution in [0.1, 0.15) is 27.4 Å². The Labute approximate surface area is 246 Å². The molecule has 3 aliphatic rings. The number of nitrogens with zero attached hydrogens (tertiary/aromatic N) is 3. The SMILES string of the molecule is COC(=O)c1ccc(N2C[C@H]3[C@@H](C2=O)C(c2cccc(Cl)c2F)[C@]2(C(=O)Nc4cc(Cl)ccc42)N3C=O)c([N+](=O)[O-])c1. The first-order valence-corrected chi connectivity index (χ1v) is 13.3. The minimum absolute atomic E-state index is 0.0782. The van der Waals surface area contributed by atoms with E-state index in [1.807, 2.05) is 0 Å². The van der Waals surface area contributed by atoms with Gasteiger partial charge in [0.1, 0.15) is 11.5 Å². The lowest BCUT2D eigenvalue weighted by molar-refractivity contribution is -0.384. The topological polar surface area (TPSA) is 139 Å². The van der Waals surface area contributed by atoms with Crippen molar-refractivity contribution in [2.45, 2.75) is 17.5 Å². The van der Waals surface area contributed by atoms with Crippen LogP contribution in [0.5, 0.6) is 0 Å². The maximum absolute atomic E-state index is 15.8. The fourth-order valence-electron chi connectivity index (χ4n) is 6.60. The van der Waals surface area contributed by atoms with Gasteiger partial charge in [0.15, 0.2) is 5.54 Å². The second-order valence-electron chi connectivity index (χ2n) is 10.0. The van der Waals surface area contributed by atoms with Crippen LogP contribution in [0.15, 0.2) is 54.6 Å². The molecule has 1 N–H and O–H groups in total. The Morgan fingerprint density at radius 3 is 2.64 bits per heavy atom. The Hall–Kier alpha value is -4.55. The van der Waals surface area contributed by atoms with Crippen LogP contribution < -0.4 is 10.2 Å². The highest BCUT2D eigenvalue weighted by molar-refractivity contribution is 6.31. The number of nitrogens with one attached hydrogen (secondary N) is 1. The van der Waals surface area contributed by atoms with Crippen LogP contribution >= 0.6 is 23.2 Å². The van der Waals surface area contributed by atoms with Crippen molar-refractivity contribution in [3.8, 4) is 0 Å². The number of rotatable bonds is 5. The monoisotopic (exact) mass is 612 g/mol. The average Bonchev–Trinajstić information content (AvgIpc) is 3.55. The second kappa shape index (κ2) is 9.78. The fraction of sp³-hybridized carbons (Fsp3) is 0.214. The molecule has 3 aromatic carbocycles. The first kappa shape index (κ1) is 27.6. The number of esters is 1. The summed E-state index contributed by atoms with van der Waals surface area (Å²) in [4.78, 5) is 66.6. The summed E-state index contributed by atoms with van der Waals surface area (Å²) >= 11 is 12.3. The van der Waals surface area contributed by atoms with E-state index in [9.17, 15) is 29.3 Å². The summed E-state index contributed by atoms with van der Waals surface area (Å²) in [6, 6.07) is 11.2. The van der Waals surface area contributed by atoms with Crippen molar-refractivity contribution < 1.29 is 33.2 Å². The van der Waals surface area contributed by atoms with Crippen molar-refractivity contribution in [1.29, 1.82) is 0 Å². The minimum atomic E-state index is -1.86. The zero-order valence-corrected chi connectivity index (χ0v) is 23.1. The molecule has 214 valence electrons. The zero-order chi connectivity index (χ0) is 30.1. The lowest BCUT2D eigenvalue weighted by Gasteiger charge is -2.38. The molecule has 6 rings (SSSR count). The van der Waals surface area contributed by atoms with E-state index in [0.29, 0.717) is 22.7 Å². The number of hydrogen-bond donors (Lipinski definition) is 1. The molecular formula is C28H19Cl2FN4O7. The molecule has 3 amide bonds. The van der Waals surface area contributed by atoms with Gasteiger partial charge in [0, 0.05) is 34.8 Å². The van der Waals surface area contributed by atoms with E-state index in [4.69, 9.17) is 23.2 Å². The Kier molecular flexibility index (Phi) is 6.43. The third-order valence-corrected chi connectivity index (χ3v) is 8.74. The minimum Gasteiger partial charge on any atom is -0.465 e. The molecule has 0 bridgehead atoms. The van der Waals surface area contributed by atoms with Crippen molar-refractivity contribution in [1.82, 2.24) is 4.90 Å². The summed E-state index contributed by atoms with van der Waals surface area (Å²) in [5.41, 5.74) is -2.12. The van der Waals surface area contributed by atoms with Crippen LogP contribution in [0, 0.1) is 21.8 Å². The van der Waals surface area contributed by atoms with Gasteiger partial charge in [-0.15, -0.1) is 0 Å². The zero-order valence-electron chi connectivity index (χ0n) is 21.5. The first-order valence-electron chi connectivity index (χ1n) is 12.5. The summed E-state index contributed by atoms with van der Waals surface area (Å²) in [6.45, 7) is -0.253. The molecule has 1 spiro atoms. The number of fused-ring (bicyclic) bond motifs is 3. The van der Waals surface area contributed by atoms with Crippen LogP contribution in [0.4, 0.5) is 21.5 Å². The van der Waals surface area contributed by atoms with E-state index in [1.165, 1.54) is 47.4 Å². The molecule has 42 heavy (non-hydrogen) atoms. The molecule has 3 aromatic rings. The molecule has 2 fully saturated rings. The number of methoxy groups -OCH3 is 1. The summed E-state index contributed by atoms with van der Waals surface area (Å²) in [6.07, 6.45) is 0.426. The maximum Gasteiger partial charge on any atom is 0.338 e. The first-order chi connectivity index (χ1) is 20.1. The Morgan fingerprint density at radius 1 is 1.19 bits per heavy atom. The van der Waals surface area contributed by atoms with Gasteiger partial charge in [0.25, 0.3) is 11.6 Å². The summed E-state index contributed by atoms with van der Waals surface area (Å²) in [7, 11) is 1.12. The molecule has 0 aliphatic carbocycles. The predicted octanol–water partition coefficient (Wildman–Crippen LogP) is 4.26. The lowest BCUT2D eigenvalue weighted by Crippen LogP contribution is -2.53. The third kappa shape index (κ3) is 3.64. The van der Waals surface area contributed by atoms with E-state index < -0.39 is 57.6 Å². The van der Waals surface area contributed by atoms with E-state index in [1.54, 1.807) is 6.07 Å². The largest absolute Gasteiger partial charge is 0.465 e. The van der Waals surface area contributed by atoms with Crippen molar-refractivity contribution >= 4 is 64.5 Å². The van der Waals surface area contributed by atoms with Gasteiger partial charge in [-0.1, -0.05) is 41.4 Å². The van der Waals surface area contributed by atoms with E-state index in [-0.39, 0.29) is 28.4 Å². The Morgan fingerprint density at radius 2 is 1.95 bits per heavy atom. The van der Waals surface area contributed by atoms with Crippen LogP contribution in [0.3, 0.4) is 0 Å². The fourth-order valence-corrected chi connectivity index (χ4v) is 6.95. The highest BCUT2D eigenvalue weighted by atomic mass is 35.5. The molecule has 14 heteroatoms. The number of carbonyl (C=O) groups excluding carboxylic acids is 4. The molecule has 0 saturated carbocycles. The molecule has 2 saturated heterocycles. The highest BCUT2D eigenvalue weighted by Gasteiger charge is 2.71. The highest BCUT2D eigenvalue weighted by Crippen LogP contribution is 2.61.